The number of carbonyl (C=O) groups excluding carboxylic acids is 1. The number of benzene rings is 3. The van der Waals surface area contributed by atoms with Gasteiger partial charge >= 0.3 is 0 Å². The molecule has 1 aromatic heterocycles. The molecule has 0 saturated carbocycles. The predicted octanol–water partition coefficient (Wildman–Crippen LogP) is 4.33. The molecule has 3 aromatic carbocycles. The lowest BCUT2D eigenvalue weighted by Gasteiger charge is -2.25. The lowest BCUT2D eigenvalue weighted by molar-refractivity contribution is -0.119. The highest BCUT2D eigenvalue weighted by molar-refractivity contribution is 6.20. The largest absolute Gasteiger partial charge is 0.370 e. The number of aromatic amines is 1. The fourth-order valence-electron chi connectivity index (χ4n) is 4.94. The lowest BCUT2D eigenvalue weighted by atomic mass is 10.00. The Morgan fingerprint density at radius 2 is 1.81 bits per heavy atom. The fraction of sp³-hybridized carbons (Fsp3) is 0.233. The molecule has 0 aliphatic carbocycles. The SMILES string of the molecule is Cc1ccc2[nH]cc(CC3N=C(c4ccccc4)c4ccccc4N(CCCCN=C(N)N)C3=O)c2c1. The van der Waals surface area contributed by atoms with E-state index in [4.69, 9.17) is 16.5 Å². The third kappa shape index (κ3) is 5.26. The maximum atomic E-state index is 14.1. The summed E-state index contributed by atoms with van der Waals surface area (Å²) < 4.78 is 0. The third-order valence-electron chi connectivity index (χ3n) is 6.75. The van der Waals surface area contributed by atoms with E-state index >= 15 is 0 Å². The van der Waals surface area contributed by atoms with Crippen LogP contribution in [-0.2, 0) is 11.2 Å². The van der Waals surface area contributed by atoms with Gasteiger partial charge in [-0.25, -0.2) is 0 Å². The van der Waals surface area contributed by atoms with E-state index in [1.807, 2.05) is 47.5 Å². The van der Waals surface area contributed by atoms with Crippen molar-refractivity contribution < 1.29 is 4.79 Å². The molecule has 4 aromatic rings. The Morgan fingerprint density at radius 1 is 1.03 bits per heavy atom. The number of nitrogens with two attached hydrogens (primary N) is 2. The van der Waals surface area contributed by atoms with E-state index in [9.17, 15) is 4.79 Å². The minimum absolute atomic E-state index is 0.00206. The topological polar surface area (TPSA) is 113 Å². The molecule has 0 saturated heterocycles. The summed E-state index contributed by atoms with van der Waals surface area (Å²) in [5, 5.41) is 1.13. The number of nitrogens with zero attached hydrogens (tertiary/aromatic N) is 3. The van der Waals surface area contributed by atoms with E-state index < -0.39 is 6.04 Å². The molecule has 7 heteroatoms. The molecular weight excluding hydrogens is 460 g/mol. The summed E-state index contributed by atoms with van der Waals surface area (Å²) >= 11 is 0. The number of amides is 1. The molecule has 1 aliphatic rings. The number of anilines is 1. The molecule has 5 N–H and O–H groups in total. The molecule has 37 heavy (non-hydrogen) atoms. The quantitative estimate of drug-likeness (QED) is 0.193. The number of hydrogen-bond acceptors (Lipinski definition) is 3. The number of fused-ring (bicyclic) bond motifs is 2. The Hall–Kier alpha value is -4.39. The Kier molecular flexibility index (Phi) is 7.03. The van der Waals surface area contributed by atoms with Crippen molar-refractivity contribution in [3.63, 3.8) is 0 Å². The van der Waals surface area contributed by atoms with Crippen molar-refractivity contribution in [3.05, 3.63) is 101 Å². The minimum Gasteiger partial charge on any atom is -0.370 e. The zero-order valence-corrected chi connectivity index (χ0v) is 21.0. The van der Waals surface area contributed by atoms with E-state index in [1.165, 1.54) is 5.56 Å². The van der Waals surface area contributed by atoms with Gasteiger partial charge in [0, 0.05) is 47.7 Å². The second kappa shape index (κ2) is 10.7. The van der Waals surface area contributed by atoms with Crippen molar-refractivity contribution in [2.75, 3.05) is 18.0 Å². The van der Waals surface area contributed by atoms with Crippen LogP contribution in [0.3, 0.4) is 0 Å². The van der Waals surface area contributed by atoms with Crippen LogP contribution in [0.1, 0.15) is 35.1 Å². The maximum absolute atomic E-state index is 14.1. The van der Waals surface area contributed by atoms with Gasteiger partial charge in [-0.2, -0.15) is 0 Å². The van der Waals surface area contributed by atoms with Gasteiger partial charge in [0.15, 0.2) is 5.96 Å². The van der Waals surface area contributed by atoms with Gasteiger partial charge in [-0.1, -0.05) is 60.2 Å². The number of aryl methyl sites for hydroxylation is 1. The zero-order valence-electron chi connectivity index (χ0n) is 21.0. The number of guanidine groups is 1. The molecule has 7 nitrogen and oxygen atoms in total. The first kappa shape index (κ1) is 24.3. The van der Waals surface area contributed by atoms with Gasteiger partial charge in [0.05, 0.1) is 11.4 Å². The Labute approximate surface area is 216 Å². The molecule has 0 spiro atoms. The van der Waals surface area contributed by atoms with Gasteiger partial charge in [-0.3, -0.25) is 14.8 Å². The molecule has 1 aliphatic heterocycles. The van der Waals surface area contributed by atoms with Gasteiger partial charge in [-0.15, -0.1) is 0 Å². The molecule has 0 fully saturated rings. The molecule has 0 bridgehead atoms. The first-order chi connectivity index (χ1) is 18.0. The second-order valence-corrected chi connectivity index (χ2v) is 9.45. The van der Waals surface area contributed by atoms with Crippen molar-refractivity contribution in [2.45, 2.75) is 32.2 Å². The highest BCUT2D eigenvalue weighted by Gasteiger charge is 2.32. The first-order valence-electron chi connectivity index (χ1n) is 12.7. The molecule has 1 unspecified atom stereocenters. The van der Waals surface area contributed by atoms with Crippen LogP contribution in [0.15, 0.2) is 89.0 Å². The lowest BCUT2D eigenvalue weighted by Crippen LogP contribution is -2.39. The van der Waals surface area contributed by atoms with Crippen LogP contribution in [0.25, 0.3) is 10.9 Å². The monoisotopic (exact) mass is 492 g/mol. The highest BCUT2D eigenvalue weighted by atomic mass is 16.2. The van der Waals surface area contributed by atoms with Crippen molar-refractivity contribution in [2.24, 2.45) is 21.5 Å². The molecule has 1 amide bonds. The minimum atomic E-state index is -0.556. The predicted molar refractivity (Wildman–Crippen MR) is 151 cm³/mol. The van der Waals surface area contributed by atoms with Gasteiger partial charge < -0.3 is 21.4 Å². The van der Waals surface area contributed by atoms with E-state index in [1.54, 1.807) is 0 Å². The Morgan fingerprint density at radius 3 is 2.62 bits per heavy atom. The molecule has 5 rings (SSSR count). The van der Waals surface area contributed by atoms with E-state index in [-0.39, 0.29) is 11.9 Å². The molecule has 2 heterocycles. The number of benzodiazepines with no additional fused rings is 1. The second-order valence-electron chi connectivity index (χ2n) is 9.45. The summed E-state index contributed by atoms with van der Waals surface area (Å²) in [6.07, 6.45) is 4.07. The summed E-state index contributed by atoms with van der Waals surface area (Å²) in [6, 6.07) is 23.9. The van der Waals surface area contributed by atoms with Gasteiger partial charge in [0.2, 0.25) is 0 Å². The van der Waals surface area contributed by atoms with Crippen LogP contribution in [0, 0.1) is 6.92 Å². The number of aromatic nitrogens is 1. The van der Waals surface area contributed by atoms with Crippen molar-refractivity contribution >= 4 is 34.2 Å². The number of unbranched alkanes of at least 4 members (excludes halogenated alkanes) is 1. The van der Waals surface area contributed by atoms with Gasteiger partial charge in [0.1, 0.15) is 6.04 Å². The van der Waals surface area contributed by atoms with Gasteiger partial charge in [-0.05, 0) is 43.5 Å². The zero-order chi connectivity index (χ0) is 25.8. The molecular formula is C30H32N6O. The number of nitrogens with one attached hydrogen (secondary N) is 1. The normalized spacial score (nSPS) is 15.3. The standard InChI is InChI=1S/C30H32N6O/c1-20-13-14-25-24(17-20)22(19-34-25)18-26-29(37)36(16-8-7-15-33-30(31)32)27-12-6-5-11-23(27)28(35-26)21-9-3-2-4-10-21/h2-6,9-14,17,19,26,34H,7-8,15-16,18H2,1H3,(H4,31,32,33). The highest BCUT2D eigenvalue weighted by Crippen LogP contribution is 2.31. The average Bonchev–Trinajstić information content (AvgIpc) is 3.25. The summed E-state index contributed by atoms with van der Waals surface area (Å²) in [5.74, 6) is 0.0911. The van der Waals surface area contributed by atoms with E-state index in [0.29, 0.717) is 19.5 Å². The van der Waals surface area contributed by atoms with E-state index in [2.05, 4.69) is 53.3 Å². The number of para-hydroxylation sites is 1. The number of hydrogen-bond donors (Lipinski definition) is 3. The average molecular weight is 493 g/mol. The van der Waals surface area contributed by atoms with Crippen LogP contribution >= 0.6 is 0 Å². The Balaban J connectivity index is 1.55. The van der Waals surface area contributed by atoms with Crippen LogP contribution in [0.5, 0.6) is 0 Å². The fourth-order valence-corrected chi connectivity index (χ4v) is 4.94. The summed E-state index contributed by atoms with van der Waals surface area (Å²) in [6.45, 7) is 3.19. The number of aliphatic imine (C=N–C) groups is 2. The number of carbonyl (C=O) groups is 1. The summed E-state index contributed by atoms with van der Waals surface area (Å²) in [7, 11) is 0. The van der Waals surface area contributed by atoms with Crippen LogP contribution in [-0.4, -0.2) is 41.7 Å². The van der Waals surface area contributed by atoms with Gasteiger partial charge in [0.25, 0.3) is 5.91 Å². The van der Waals surface area contributed by atoms with Crippen molar-refractivity contribution in [1.29, 1.82) is 0 Å². The van der Waals surface area contributed by atoms with Crippen LogP contribution < -0.4 is 16.4 Å². The first-order valence-corrected chi connectivity index (χ1v) is 12.7. The summed E-state index contributed by atoms with van der Waals surface area (Å²) in [4.78, 5) is 28.6. The van der Waals surface area contributed by atoms with Crippen LogP contribution in [0.4, 0.5) is 5.69 Å². The van der Waals surface area contributed by atoms with E-state index in [0.717, 1.165) is 51.8 Å². The summed E-state index contributed by atoms with van der Waals surface area (Å²) in [5.41, 5.74) is 18.0. The molecule has 0 radical (unpaired) electrons. The smallest absolute Gasteiger partial charge is 0.252 e. The van der Waals surface area contributed by atoms with Crippen LogP contribution in [0.2, 0.25) is 0 Å². The Bertz CT molecular complexity index is 1470. The number of H-pyrrole nitrogens is 1. The number of rotatable bonds is 8. The molecule has 188 valence electrons. The third-order valence-corrected chi connectivity index (χ3v) is 6.75. The van der Waals surface area contributed by atoms with Crippen molar-refractivity contribution in [3.8, 4) is 0 Å². The molecule has 1 atom stereocenters. The van der Waals surface area contributed by atoms with Crippen molar-refractivity contribution in [1.82, 2.24) is 4.98 Å². The maximum Gasteiger partial charge on any atom is 0.252 e.